The maximum absolute atomic E-state index is 12.3. The van der Waals surface area contributed by atoms with Gasteiger partial charge in [-0.1, -0.05) is 0 Å². The number of benzene rings is 1. The maximum atomic E-state index is 12.3. The topological polar surface area (TPSA) is 84.7 Å². The van der Waals surface area contributed by atoms with Crippen molar-refractivity contribution in [1.82, 2.24) is 10.2 Å². The molecule has 1 heterocycles. The normalized spacial score (nSPS) is 15.6. The molecular formula is C15H21N3O3. The molecule has 1 aliphatic heterocycles. The van der Waals surface area contributed by atoms with Crippen LogP contribution >= 0.6 is 0 Å². The molecule has 0 aliphatic carbocycles. The van der Waals surface area contributed by atoms with Gasteiger partial charge in [-0.15, -0.1) is 0 Å². The molecule has 1 aliphatic rings. The first kappa shape index (κ1) is 15.2. The van der Waals surface area contributed by atoms with E-state index >= 15 is 0 Å². The Hall–Kier alpha value is -2.24. The molecule has 0 atom stereocenters. The lowest BCUT2D eigenvalue weighted by Gasteiger charge is -2.31. The van der Waals surface area contributed by atoms with Gasteiger partial charge in [0, 0.05) is 37.8 Å². The molecule has 1 fully saturated rings. The summed E-state index contributed by atoms with van der Waals surface area (Å²) in [6, 6.07) is 5.05. The minimum Gasteiger partial charge on any atom is -0.496 e. The predicted molar refractivity (Wildman–Crippen MR) is 80.1 cm³/mol. The van der Waals surface area contributed by atoms with E-state index in [0.717, 1.165) is 12.8 Å². The quantitative estimate of drug-likeness (QED) is 0.814. The Bertz CT molecular complexity index is 537. The van der Waals surface area contributed by atoms with Crippen LogP contribution in [-0.4, -0.2) is 43.0 Å². The molecular weight excluding hydrogens is 270 g/mol. The number of hydrogen-bond donors (Lipinski definition) is 2. The average molecular weight is 291 g/mol. The number of methoxy groups -OCH3 is 1. The minimum atomic E-state index is -0.173. The summed E-state index contributed by atoms with van der Waals surface area (Å²) in [5, 5.41) is 2.99. The SMILES string of the molecule is COc1cc(N)ccc1C(=O)NC1CCN(C(C)=O)CC1. The molecule has 0 bridgehead atoms. The average Bonchev–Trinajstić information content (AvgIpc) is 2.47. The fourth-order valence-electron chi connectivity index (χ4n) is 2.50. The summed E-state index contributed by atoms with van der Waals surface area (Å²) in [4.78, 5) is 25.4. The third kappa shape index (κ3) is 3.65. The van der Waals surface area contributed by atoms with Crippen molar-refractivity contribution in [1.29, 1.82) is 0 Å². The van der Waals surface area contributed by atoms with E-state index < -0.39 is 0 Å². The Morgan fingerprint density at radius 2 is 2.00 bits per heavy atom. The first-order valence-electron chi connectivity index (χ1n) is 7.01. The molecule has 0 radical (unpaired) electrons. The fraction of sp³-hybridized carbons (Fsp3) is 0.467. The third-order valence-electron chi connectivity index (χ3n) is 3.75. The number of likely N-dealkylation sites (tertiary alicyclic amines) is 1. The van der Waals surface area contributed by atoms with Crippen LogP contribution in [0.1, 0.15) is 30.1 Å². The number of nitrogens with one attached hydrogen (secondary N) is 1. The van der Waals surface area contributed by atoms with Gasteiger partial charge in [0.05, 0.1) is 12.7 Å². The van der Waals surface area contributed by atoms with Gasteiger partial charge in [0.2, 0.25) is 5.91 Å². The van der Waals surface area contributed by atoms with E-state index in [0.29, 0.717) is 30.1 Å². The summed E-state index contributed by atoms with van der Waals surface area (Å²) in [5.74, 6) is 0.377. The molecule has 0 aromatic heterocycles. The van der Waals surface area contributed by atoms with Crippen LogP contribution < -0.4 is 15.8 Å². The number of amides is 2. The highest BCUT2D eigenvalue weighted by Crippen LogP contribution is 2.22. The summed E-state index contributed by atoms with van der Waals surface area (Å²) in [7, 11) is 1.51. The summed E-state index contributed by atoms with van der Waals surface area (Å²) < 4.78 is 5.19. The zero-order valence-corrected chi connectivity index (χ0v) is 12.4. The van der Waals surface area contributed by atoms with Crippen LogP contribution in [0.15, 0.2) is 18.2 Å². The Kier molecular flexibility index (Phi) is 4.67. The van der Waals surface area contributed by atoms with Gasteiger partial charge >= 0.3 is 0 Å². The van der Waals surface area contributed by atoms with Crippen LogP contribution in [0, 0.1) is 0 Å². The van der Waals surface area contributed by atoms with Crippen LogP contribution in [0.25, 0.3) is 0 Å². The van der Waals surface area contributed by atoms with Gasteiger partial charge in [-0.3, -0.25) is 9.59 Å². The molecule has 2 amide bonds. The Morgan fingerprint density at radius 3 is 2.57 bits per heavy atom. The van der Waals surface area contributed by atoms with Gasteiger partial charge in [0.25, 0.3) is 5.91 Å². The maximum Gasteiger partial charge on any atom is 0.255 e. The number of ether oxygens (including phenoxy) is 1. The number of nitrogens with zero attached hydrogens (tertiary/aromatic N) is 1. The number of anilines is 1. The van der Waals surface area contributed by atoms with Crippen LogP contribution in [0.3, 0.4) is 0 Å². The third-order valence-corrected chi connectivity index (χ3v) is 3.75. The zero-order valence-electron chi connectivity index (χ0n) is 12.4. The predicted octanol–water partition coefficient (Wildman–Crippen LogP) is 1.02. The lowest BCUT2D eigenvalue weighted by Crippen LogP contribution is -2.46. The molecule has 0 saturated carbocycles. The smallest absolute Gasteiger partial charge is 0.255 e. The molecule has 6 nitrogen and oxygen atoms in total. The van der Waals surface area contributed by atoms with Gasteiger partial charge in [0.15, 0.2) is 0 Å². The summed E-state index contributed by atoms with van der Waals surface area (Å²) in [6.07, 6.45) is 1.53. The van der Waals surface area contributed by atoms with Gasteiger partial charge in [-0.25, -0.2) is 0 Å². The molecule has 1 aromatic carbocycles. The van der Waals surface area contributed by atoms with E-state index in [1.807, 2.05) is 0 Å². The van der Waals surface area contributed by atoms with Gasteiger partial charge < -0.3 is 20.7 Å². The number of piperidine rings is 1. The van der Waals surface area contributed by atoms with E-state index in [4.69, 9.17) is 10.5 Å². The number of nitrogen functional groups attached to an aromatic ring is 1. The first-order valence-corrected chi connectivity index (χ1v) is 7.01. The molecule has 0 spiro atoms. The highest BCUT2D eigenvalue weighted by atomic mass is 16.5. The highest BCUT2D eigenvalue weighted by molar-refractivity contribution is 5.97. The Morgan fingerprint density at radius 1 is 1.33 bits per heavy atom. The number of hydrogen-bond acceptors (Lipinski definition) is 4. The van der Waals surface area contributed by atoms with Gasteiger partial charge in [-0.2, -0.15) is 0 Å². The minimum absolute atomic E-state index is 0.0790. The van der Waals surface area contributed by atoms with Gasteiger partial charge in [-0.05, 0) is 25.0 Å². The number of carbonyl (C=O) groups is 2. The highest BCUT2D eigenvalue weighted by Gasteiger charge is 2.23. The van der Waals surface area contributed by atoms with Crippen molar-refractivity contribution in [3.63, 3.8) is 0 Å². The Balaban J connectivity index is 1.98. The van der Waals surface area contributed by atoms with Gasteiger partial charge in [0.1, 0.15) is 5.75 Å². The van der Waals surface area contributed by atoms with E-state index in [9.17, 15) is 9.59 Å². The standard InChI is InChI=1S/C15H21N3O3/c1-10(19)18-7-5-12(6-8-18)17-15(20)13-4-3-11(16)9-14(13)21-2/h3-4,9,12H,5-8,16H2,1-2H3,(H,17,20). The van der Waals surface area contributed by atoms with E-state index in [1.165, 1.54) is 7.11 Å². The molecule has 3 N–H and O–H groups in total. The number of carbonyl (C=O) groups excluding carboxylic acids is 2. The zero-order chi connectivity index (χ0) is 15.4. The molecule has 21 heavy (non-hydrogen) atoms. The van der Waals surface area contributed by atoms with Crippen LogP contribution in [0.5, 0.6) is 5.75 Å². The lowest BCUT2D eigenvalue weighted by atomic mass is 10.0. The van der Waals surface area contributed by atoms with E-state index in [1.54, 1.807) is 30.0 Å². The van der Waals surface area contributed by atoms with E-state index in [2.05, 4.69) is 5.32 Å². The van der Waals surface area contributed by atoms with Crippen molar-refractivity contribution >= 4 is 17.5 Å². The van der Waals surface area contributed by atoms with Crippen molar-refractivity contribution in [3.8, 4) is 5.75 Å². The van der Waals surface area contributed by atoms with E-state index in [-0.39, 0.29) is 17.9 Å². The second kappa shape index (κ2) is 6.47. The van der Waals surface area contributed by atoms with Crippen LogP contribution in [0.2, 0.25) is 0 Å². The monoisotopic (exact) mass is 291 g/mol. The lowest BCUT2D eigenvalue weighted by molar-refractivity contribution is -0.129. The van der Waals surface area contributed by atoms with Crippen molar-refractivity contribution in [3.05, 3.63) is 23.8 Å². The number of rotatable bonds is 3. The molecule has 1 aromatic rings. The first-order chi connectivity index (χ1) is 10.0. The molecule has 0 unspecified atom stereocenters. The van der Waals surface area contributed by atoms with Crippen molar-refractivity contribution < 1.29 is 14.3 Å². The summed E-state index contributed by atoms with van der Waals surface area (Å²) in [5.41, 5.74) is 6.71. The largest absolute Gasteiger partial charge is 0.496 e. The molecule has 114 valence electrons. The van der Waals surface area contributed by atoms with Crippen molar-refractivity contribution in [2.75, 3.05) is 25.9 Å². The van der Waals surface area contributed by atoms with Crippen molar-refractivity contribution in [2.24, 2.45) is 0 Å². The number of nitrogens with two attached hydrogens (primary N) is 1. The van der Waals surface area contributed by atoms with Crippen molar-refractivity contribution in [2.45, 2.75) is 25.8 Å². The molecule has 2 rings (SSSR count). The second-order valence-electron chi connectivity index (χ2n) is 5.21. The molecule has 1 saturated heterocycles. The second-order valence-corrected chi connectivity index (χ2v) is 5.21. The Labute approximate surface area is 124 Å². The molecule has 6 heteroatoms. The summed E-state index contributed by atoms with van der Waals surface area (Å²) in [6.45, 7) is 2.93. The van der Waals surface area contributed by atoms with Crippen LogP contribution in [-0.2, 0) is 4.79 Å². The summed E-state index contributed by atoms with van der Waals surface area (Å²) >= 11 is 0. The van der Waals surface area contributed by atoms with Crippen LogP contribution in [0.4, 0.5) is 5.69 Å². The fourth-order valence-corrected chi connectivity index (χ4v) is 2.50.